The summed E-state index contributed by atoms with van der Waals surface area (Å²) in [5.41, 5.74) is 4.35. The monoisotopic (exact) mass is 618 g/mol. The van der Waals surface area contributed by atoms with E-state index in [1.807, 2.05) is 24.1 Å². The minimum atomic E-state index is -0.596. The van der Waals surface area contributed by atoms with Crippen molar-refractivity contribution in [2.24, 2.45) is 5.41 Å². The van der Waals surface area contributed by atoms with E-state index in [0.29, 0.717) is 31.1 Å². The summed E-state index contributed by atoms with van der Waals surface area (Å²) in [4.78, 5) is 41.8. The van der Waals surface area contributed by atoms with Gasteiger partial charge >= 0.3 is 5.97 Å². The third-order valence-electron chi connectivity index (χ3n) is 10.1. The van der Waals surface area contributed by atoms with Gasteiger partial charge in [-0.05, 0) is 62.4 Å². The molecule has 1 aromatic carbocycles. The number of amides is 1. The van der Waals surface area contributed by atoms with Crippen LogP contribution in [0.2, 0.25) is 0 Å². The molecule has 1 spiro atoms. The van der Waals surface area contributed by atoms with E-state index in [9.17, 15) is 14.9 Å². The number of carbonyl (C=O) groups is 2. The van der Waals surface area contributed by atoms with Crippen molar-refractivity contribution < 1.29 is 14.3 Å². The lowest BCUT2D eigenvalue weighted by atomic mass is 9.82. The van der Waals surface area contributed by atoms with Gasteiger partial charge in [0, 0.05) is 50.1 Å². The van der Waals surface area contributed by atoms with Crippen molar-refractivity contribution in [2.75, 3.05) is 55.7 Å². The van der Waals surface area contributed by atoms with Gasteiger partial charge in [-0.1, -0.05) is 37.3 Å². The summed E-state index contributed by atoms with van der Waals surface area (Å²) in [6.07, 6.45) is 4.82. The number of carbonyl (C=O) groups excluding carboxylic acids is 2. The lowest BCUT2D eigenvalue weighted by molar-refractivity contribution is 0.0519. The van der Waals surface area contributed by atoms with Crippen LogP contribution in [0.3, 0.4) is 0 Å². The largest absolute Gasteiger partial charge is 0.461 e. The Kier molecular flexibility index (Phi) is 7.38. The summed E-state index contributed by atoms with van der Waals surface area (Å²) >= 11 is 0. The SMILES string of the molecule is CCOC(=O)c1nc(N2CCC3(CCN(C(=O)c4nc5c(C)cc(N6CCC(C)(c7ccccc7)C6)cn5n4)C3)C2)ccc1C#N. The molecule has 2 unspecified atom stereocenters. The smallest absolute Gasteiger partial charge is 0.358 e. The van der Waals surface area contributed by atoms with Crippen LogP contribution in [0.15, 0.2) is 54.7 Å². The van der Waals surface area contributed by atoms with E-state index >= 15 is 0 Å². The molecule has 11 nitrogen and oxygen atoms in total. The van der Waals surface area contributed by atoms with Gasteiger partial charge in [-0.2, -0.15) is 5.26 Å². The molecule has 0 radical (unpaired) electrons. The van der Waals surface area contributed by atoms with Crippen molar-refractivity contribution in [3.8, 4) is 6.07 Å². The maximum Gasteiger partial charge on any atom is 0.358 e. The summed E-state index contributed by atoms with van der Waals surface area (Å²) < 4.78 is 6.88. The van der Waals surface area contributed by atoms with Gasteiger partial charge in [0.25, 0.3) is 5.91 Å². The number of anilines is 2. The Labute approximate surface area is 268 Å². The van der Waals surface area contributed by atoms with Crippen LogP contribution in [-0.2, 0) is 10.2 Å². The highest BCUT2D eigenvalue weighted by Crippen LogP contribution is 2.41. The Hall–Kier alpha value is -4.98. The number of nitrogens with zero attached hydrogens (tertiary/aromatic N) is 8. The molecule has 7 rings (SSSR count). The molecule has 1 amide bonds. The number of ether oxygens (including phenoxy) is 1. The molecule has 3 fully saturated rings. The average Bonchev–Trinajstić information content (AvgIpc) is 3.88. The van der Waals surface area contributed by atoms with Crippen LogP contribution in [0, 0.1) is 23.7 Å². The van der Waals surface area contributed by atoms with Crippen LogP contribution in [-0.4, -0.2) is 82.2 Å². The Bertz CT molecular complexity index is 1870. The fourth-order valence-corrected chi connectivity index (χ4v) is 7.44. The lowest BCUT2D eigenvalue weighted by Gasteiger charge is -2.26. The van der Waals surface area contributed by atoms with Crippen LogP contribution < -0.4 is 9.80 Å². The zero-order chi connectivity index (χ0) is 32.1. The molecule has 6 heterocycles. The van der Waals surface area contributed by atoms with Gasteiger partial charge < -0.3 is 19.4 Å². The Morgan fingerprint density at radius 1 is 0.978 bits per heavy atom. The van der Waals surface area contributed by atoms with E-state index in [4.69, 9.17) is 4.74 Å². The second-order valence-electron chi connectivity index (χ2n) is 13.2. The Morgan fingerprint density at radius 2 is 1.76 bits per heavy atom. The lowest BCUT2D eigenvalue weighted by Crippen LogP contribution is -2.34. The second-order valence-corrected chi connectivity index (χ2v) is 13.2. The summed E-state index contributed by atoms with van der Waals surface area (Å²) in [6, 6.07) is 18.3. The zero-order valence-corrected chi connectivity index (χ0v) is 26.6. The predicted molar refractivity (Wildman–Crippen MR) is 173 cm³/mol. The first kappa shape index (κ1) is 29.7. The first-order chi connectivity index (χ1) is 22.2. The second kappa shape index (κ2) is 11.4. The number of hydrogen-bond donors (Lipinski definition) is 0. The van der Waals surface area contributed by atoms with E-state index in [1.165, 1.54) is 5.56 Å². The van der Waals surface area contributed by atoms with Crippen LogP contribution in [0.25, 0.3) is 5.65 Å². The summed E-state index contributed by atoms with van der Waals surface area (Å²) in [6.45, 7) is 10.8. The number of rotatable bonds is 6. The fraction of sp³-hybridized carbons (Fsp3) is 0.429. The molecule has 3 saturated heterocycles. The number of likely N-dealkylation sites (tertiary alicyclic amines) is 1. The Morgan fingerprint density at radius 3 is 2.54 bits per heavy atom. The van der Waals surface area contributed by atoms with Gasteiger partial charge in [-0.15, -0.1) is 5.10 Å². The molecular weight excluding hydrogens is 580 g/mol. The van der Waals surface area contributed by atoms with Crippen molar-refractivity contribution >= 4 is 29.0 Å². The number of benzene rings is 1. The summed E-state index contributed by atoms with van der Waals surface area (Å²) in [5, 5.41) is 14.1. The minimum absolute atomic E-state index is 0.0392. The zero-order valence-electron chi connectivity index (χ0n) is 26.6. The van der Waals surface area contributed by atoms with Gasteiger partial charge in [0.2, 0.25) is 5.82 Å². The highest BCUT2D eigenvalue weighted by molar-refractivity contribution is 5.92. The number of esters is 1. The minimum Gasteiger partial charge on any atom is -0.461 e. The maximum atomic E-state index is 13.7. The highest BCUT2D eigenvalue weighted by Gasteiger charge is 2.46. The highest BCUT2D eigenvalue weighted by atomic mass is 16.5. The molecular formula is C35H38N8O3. The van der Waals surface area contributed by atoms with E-state index in [2.05, 4.69) is 68.2 Å². The number of pyridine rings is 2. The molecule has 0 aliphatic carbocycles. The van der Waals surface area contributed by atoms with E-state index in [1.54, 1.807) is 23.6 Å². The van der Waals surface area contributed by atoms with Crippen molar-refractivity contribution in [3.05, 3.63) is 82.9 Å². The van der Waals surface area contributed by atoms with Crippen LogP contribution in [0.4, 0.5) is 11.5 Å². The fourth-order valence-electron chi connectivity index (χ4n) is 7.44. The van der Waals surface area contributed by atoms with E-state index < -0.39 is 5.97 Å². The molecule has 46 heavy (non-hydrogen) atoms. The first-order valence-electron chi connectivity index (χ1n) is 16.0. The number of nitriles is 1. The molecule has 11 heteroatoms. The molecule has 4 aromatic rings. The molecule has 3 aliphatic heterocycles. The van der Waals surface area contributed by atoms with E-state index in [0.717, 1.165) is 50.1 Å². The predicted octanol–water partition coefficient (Wildman–Crippen LogP) is 4.39. The van der Waals surface area contributed by atoms with Crippen molar-refractivity contribution in [1.82, 2.24) is 24.5 Å². The molecule has 3 aliphatic rings. The third kappa shape index (κ3) is 5.21. The normalized spacial score (nSPS) is 22.6. The number of aromatic nitrogens is 4. The van der Waals surface area contributed by atoms with Gasteiger partial charge in [0.1, 0.15) is 11.9 Å². The van der Waals surface area contributed by atoms with Gasteiger partial charge in [0.05, 0.1) is 24.1 Å². The third-order valence-corrected chi connectivity index (χ3v) is 10.1. The van der Waals surface area contributed by atoms with Crippen LogP contribution in [0.5, 0.6) is 0 Å². The summed E-state index contributed by atoms with van der Waals surface area (Å²) in [5.74, 6) is 0.106. The molecule has 0 bridgehead atoms. The van der Waals surface area contributed by atoms with Crippen LogP contribution >= 0.6 is 0 Å². The molecule has 236 valence electrons. The molecule has 0 N–H and O–H groups in total. The number of hydrogen-bond acceptors (Lipinski definition) is 9. The van der Waals surface area contributed by atoms with Gasteiger partial charge in [-0.3, -0.25) is 4.79 Å². The first-order valence-corrected chi connectivity index (χ1v) is 16.0. The molecule has 3 aromatic heterocycles. The maximum absolute atomic E-state index is 13.7. The van der Waals surface area contributed by atoms with Gasteiger partial charge in [0.15, 0.2) is 11.3 Å². The van der Waals surface area contributed by atoms with Gasteiger partial charge in [-0.25, -0.2) is 19.3 Å². The number of fused-ring (bicyclic) bond motifs is 1. The topological polar surface area (TPSA) is 120 Å². The average molecular weight is 619 g/mol. The van der Waals surface area contributed by atoms with Crippen molar-refractivity contribution in [3.63, 3.8) is 0 Å². The van der Waals surface area contributed by atoms with Crippen molar-refractivity contribution in [2.45, 2.75) is 45.4 Å². The summed E-state index contributed by atoms with van der Waals surface area (Å²) in [7, 11) is 0. The standard InChI is InChI=1S/C35H38N8O3/c1-4-46-33(45)29-25(19-36)10-11-28(37-29)41-16-13-35(22-41)14-17-42(23-35)32(44)30-38-31-24(2)18-27(20-43(31)39-30)40-15-12-34(3,21-40)26-8-6-5-7-9-26/h5-11,18,20H,4,12-17,21-23H2,1-3H3. The van der Waals surface area contributed by atoms with E-state index in [-0.39, 0.29) is 40.4 Å². The molecule has 0 saturated carbocycles. The molecule has 2 atom stereocenters. The Balaban J connectivity index is 1.05. The van der Waals surface area contributed by atoms with Crippen LogP contribution in [0.1, 0.15) is 70.9 Å². The van der Waals surface area contributed by atoms with Crippen molar-refractivity contribution in [1.29, 1.82) is 5.26 Å². The number of aryl methyl sites for hydroxylation is 1. The quantitative estimate of drug-likeness (QED) is 0.290.